The lowest BCUT2D eigenvalue weighted by atomic mass is 10.1. The van der Waals surface area contributed by atoms with Crippen molar-refractivity contribution in [1.29, 1.82) is 0 Å². The highest BCUT2D eigenvalue weighted by molar-refractivity contribution is 5.82. The zero-order chi connectivity index (χ0) is 13.3. The molecule has 100 valence electrons. The smallest absolute Gasteiger partial charge is 0.325 e. The molecule has 0 aromatic carbocycles. The van der Waals surface area contributed by atoms with Crippen LogP contribution in [0.3, 0.4) is 0 Å². The fourth-order valence-electron chi connectivity index (χ4n) is 1.43. The Morgan fingerprint density at radius 3 is 2.53 bits per heavy atom. The molecule has 1 atom stereocenters. The highest BCUT2D eigenvalue weighted by Gasteiger charge is 2.17. The summed E-state index contributed by atoms with van der Waals surface area (Å²) in [6.07, 6.45) is 2.03. The van der Waals surface area contributed by atoms with Crippen LogP contribution in [0.2, 0.25) is 0 Å². The maximum atomic E-state index is 11.9. The molecule has 1 unspecified atom stereocenters. The van der Waals surface area contributed by atoms with Crippen LogP contribution in [0.15, 0.2) is 0 Å². The minimum Gasteiger partial charge on any atom is -0.468 e. The quantitative estimate of drug-likeness (QED) is 0.640. The molecular weight excluding hydrogens is 220 g/mol. The van der Waals surface area contributed by atoms with Gasteiger partial charge in [-0.25, -0.2) is 0 Å². The largest absolute Gasteiger partial charge is 0.468 e. The predicted octanol–water partition coefficient (Wildman–Crippen LogP) is 0.773. The molecule has 0 rings (SSSR count). The van der Waals surface area contributed by atoms with Gasteiger partial charge in [0.05, 0.1) is 7.11 Å². The molecule has 0 aromatic heterocycles. The summed E-state index contributed by atoms with van der Waals surface area (Å²) in [5.74, 6) is -0.0447. The van der Waals surface area contributed by atoms with Crippen LogP contribution in [0.25, 0.3) is 0 Å². The van der Waals surface area contributed by atoms with E-state index in [0.29, 0.717) is 25.4 Å². The lowest BCUT2D eigenvalue weighted by Gasteiger charge is -2.21. The van der Waals surface area contributed by atoms with Gasteiger partial charge in [-0.1, -0.05) is 13.8 Å². The van der Waals surface area contributed by atoms with Crippen LogP contribution in [-0.2, 0) is 14.3 Å². The average molecular weight is 244 g/mol. The van der Waals surface area contributed by atoms with Crippen molar-refractivity contribution >= 4 is 11.9 Å². The Hall–Kier alpha value is -1.10. The van der Waals surface area contributed by atoms with E-state index in [1.807, 2.05) is 13.8 Å². The maximum absolute atomic E-state index is 11.9. The molecule has 2 N–H and O–H groups in total. The molecule has 0 heterocycles. The van der Waals surface area contributed by atoms with E-state index in [1.165, 1.54) is 7.11 Å². The van der Waals surface area contributed by atoms with E-state index in [1.54, 1.807) is 4.90 Å². The average Bonchev–Trinajstić information content (AvgIpc) is 2.34. The van der Waals surface area contributed by atoms with Crippen LogP contribution in [0.1, 0.15) is 33.1 Å². The highest BCUT2D eigenvalue weighted by Crippen LogP contribution is 2.06. The Balaban J connectivity index is 4.18. The number of nitrogens with zero attached hydrogens (tertiary/aromatic N) is 1. The summed E-state index contributed by atoms with van der Waals surface area (Å²) >= 11 is 0. The van der Waals surface area contributed by atoms with E-state index in [2.05, 4.69) is 4.74 Å². The molecule has 0 aliphatic heterocycles. The van der Waals surface area contributed by atoms with Gasteiger partial charge >= 0.3 is 5.97 Å². The molecule has 1 amide bonds. The van der Waals surface area contributed by atoms with Crippen molar-refractivity contribution < 1.29 is 14.3 Å². The summed E-state index contributed by atoms with van der Waals surface area (Å²) in [5, 5.41) is 0. The topological polar surface area (TPSA) is 72.6 Å². The van der Waals surface area contributed by atoms with Crippen molar-refractivity contribution in [2.45, 2.75) is 33.1 Å². The molecule has 0 bridgehead atoms. The van der Waals surface area contributed by atoms with Gasteiger partial charge in [0.25, 0.3) is 0 Å². The first-order valence-electron chi connectivity index (χ1n) is 6.09. The summed E-state index contributed by atoms with van der Waals surface area (Å²) in [7, 11) is 1.33. The van der Waals surface area contributed by atoms with Gasteiger partial charge in [-0.05, 0) is 25.3 Å². The van der Waals surface area contributed by atoms with Crippen molar-refractivity contribution in [3.05, 3.63) is 0 Å². The summed E-state index contributed by atoms with van der Waals surface area (Å²) < 4.78 is 4.57. The SMILES string of the molecule is CCCN(CC(=O)OC)C(=O)CCC(C)CN. The van der Waals surface area contributed by atoms with E-state index in [9.17, 15) is 9.59 Å². The minimum atomic E-state index is -0.376. The molecule has 0 aliphatic carbocycles. The summed E-state index contributed by atoms with van der Waals surface area (Å²) in [5.41, 5.74) is 5.50. The number of rotatable bonds is 8. The lowest BCUT2D eigenvalue weighted by Crippen LogP contribution is -2.37. The molecule has 5 nitrogen and oxygen atoms in total. The van der Waals surface area contributed by atoms with E-state index in [-0.39, 0.29) is 18.4 Å². The zero-order valence-electron chi connectivity index (χ0n) is 11.1. The second-order valence-corrected chi connectivity index (χ2v) is 4.27. The summed E-state index contributed by atoms with van der Waals surface area (Å²) in [6.45, 7) is 5.20. The minimum absolute atomic E-state index is 0.00227. The van der Waals surface area contributed by atoms with Crippen molar-refractivity contribution in [3.63, 3.8) is 0 Å². The Morgan fingerprint density at radius 1 is 1.41 bits per heavy atom. The third-order valence-electron chi connectivity index (χ3n) is 2.65. The van der Waals surface area contributed by atoms with Crippen LogP contribution in [0, 0.1) is 5.92 Å². The fraction of sp³-hybridized carbons (Fsp3) is 0.833. The number of esters is 1. The molecule has 0 saturated carbocycles. The Bertz CT molecular complexity index is 244. The van der Waals surface area contributed by atoms with E-state index in [4.69, 9.17) is 5.73 Å². The monoisotopic (exact) mass is 244 g/mol. The van der Waals surface area contributed by atoms with Crippen molar-refractivity contribution in [2.75, 3.05) is 26.7 Å². The predicted molar refractivity (Wildman–Crippen MR) is 66.3 cm³/mol. The van der Waals surface area contributed by atoms with Crippen LogP contribution in [-0.4, -0.2) is 43.5 Å². The van der Waals surface area contributed by atoms with Gasteiger partial charge in [0.15, 0.2) is 0 Å². The van der Waals surface area contributed by atoms with Crippen molar-refractivity contribution in [2.24, 2.45) is 11.7 Å². The fourth-order valence-corrected chi connectivity index (χ4v) is 1.43. The third-order valence-corrected chi connectivity index (χ3v) is 2.65. The van der Waals surface area contributed by atoms with Crippen LogP contribution >= 0.6 is 0 Å². The maximum Gasteiger partial charge on any atom is 0.325 e. The van der Waals surface area contributed by atoms with Gasteiger partial charge in [-0.2, -0.15) is 0 Å². The summed E-state index contributed by atoms with van der Waals surface area (Å²) in [4.78, 5) is 24.6. The standard InChI is InChI=1S/C12H24N2O3/c1-4-7-14(9-12(16)17-3)11(15)6-5-10(2)8-13/h10H,4-9,13H2,1-3H3. The molecule has 5 heteroatoms. The molecular formula is C12H24N2O3. The van der Waals surface area contributed by atoms with Crippen LogP contribution in [0.4, 0.5) is 0 Å². The number of carbonyl (C=O) groups excluding carboxylic acids is 2. The van der Waals surface area contributed by atoms with Gasteiger partial charge in [0.2, 0.25) is 5.91 Å². The van der Waals surface area contributed by atoms with E-state index >= 15 is 0 Å². The Kier molecular flexibility index (Phi) is 8.40. The molecule has 0 spiro atoms. The second kappa shape index (κ2) is 8.98. The normalized spacial score (nSPS) is 12.0. The number of methoxy groups -OCH3 is 1. The molecule has 17 heavy (non-hydrogen) atoms. The first kappa shape index (κ1) is 15.9. The lowest BCUT2D eigenvalue weighted by molar-refractivity contribution is -0.147. The van der Waals surface area contributed by atoms with Gasteiger partial charge in [-0.15, -0.1) is 0 Å². The van der Waals surface area contributed by atoms with E-state index < -0.39 is 0 Å². The number of hydrogen-bond donors (Lipinski definition) is 1. The number of carbonyl (C=O) groups is 2. The van der Waals surface area contributed by atoms with E-state index in [0.717, 1.165) is 12.8 Å². The zero-order valence-corrected chi connectivity index (χ0v) is 11.1. The Morgan fingerprint density at radius 2 is 2.06 bits per heavy atom. The molecule has 0 aliphatic rings. The molecule has 0 fully saturated rings. The van der Waals surface area contributed by atoms with Gasteiger partial charge < -0.3 is 15.4 Å². The highest BCUT2D eigenvalue weighted by atomic mass is 16.5. The van der Waals surface area contributed by atoms with Crippen LogP contribution in [0.5, 0.6) is 0 Å². The van der Waals surface area contributed by atoms with Gasteiger partial charge in [0.1, 0.15) is 6.54 Å². The first-order chi connectivity index (χ1) is 8.04. The number of nitrogens with two attached hydrogens (primary N) is 1. The number of amides is 1. The molecule has 0 aromatic rings. The van der Waals surface area contributed by atoms with Crippen molar-refractivity contribution in [3.8, 4) is 0 Å². The van der Waals surface area contributed by atoms with Crippen LogP contribution < -0.4 is 5.73 Å². The molecule has 0 radical (unpaired) electrons. The van der Waals surface area contributed by atoms with Gasteiger partial charge in [0, 0.05) is 13.0 Å². The third kappa shape index (κ3) is 6.94. The number of ether oxygens (including phenoxy) is 1. The second-order valence-electron chi connectivity index (χ2n) is 4.27. The van der Waals surface area contributed by atoms with Crippen molar-refractivity contribution in [1.82, 2.24) is 4.90 Å². The Labute approximate surface area is 103 Å². The molecule has 0 saturated heterocycles. The number of hydrogen-bond acceptors (Lipinski definition) is 4. The van der Waals surface area contributed by atoms with Gasteiger partial charge in [-0.3, -0.25) is 9.59 Å². The summed E-state index contributed by atoms with van der Waals surface area (Å²) in [6, 6.07) is 0. The first-order valence-corrected chi connectivity index (χ1v) is 6.09.